The highest BCUT2D eigenvalue weighted by molar-refractivity contribution is 6.27. The van der Waals surface area contributed by atoms with Crippen molar-refractivity contribution in [2.75, 3.05) is 19.7 Å². The average molecular weight is 254 g/mol. The number of pyridine rings is 1. The second kappa shape index (κ2) is 7.36. The van der Waals surface area contributed by atoms with Crippen LogP contribution in [0.15, 0.2) is 24.5 Å². The van der Waals surface area contributed by atoms with Crippen LogP contribution < -0.4 is 5.32 Å². The molecule has 98 valence electrons. The molecule has 0 amide bonds. The van der Waals surface area contributed by atoms with Gasteiger partial charge >= 0.3 is 11.9 Å². The van der Waals surface area contributed by atoms with Gasteiger partial charge in [0.15, 0.2) is 0 Å². The Labute approximate surface area is 103 Å². The monoisotopic (exact) mass is 254 g/mol. The Balaban J connectivity index is 0.000000232. The number of morpholine rings is 1. The van der Waals surface area contributed by atoms with Gasteiger partial charge in [0, 0.05) is 25.5 Å². The van der Waals surface area contributed by atoms with E-state index in [0.717, 1.165) is 19.7 Å². The molecule has 0 spiro atoms. The first-order valence-corrected chi connectivity index (χ1v) is 5.29. The summed E-state index contributed by atoms with van der Waals surface area (Å²) in [4.78, 5) is 22.2. The maximum absolute atomic E-state index is 9.10. The van der Waals surface area contributed by atoms with Crippen LogP contribution in [0.25, 0.3) is 0 Å². The first-order chi connectivity index (χ1) is 8.61. The normalized spacial score (nSPS) is 18.3. The summed E-state index contributed by atoms with van der Waals surface area (Å²) < 4.78 is 5.57. The van der Waals surface area contributed by atoms with Crippen molar-refractivity contribution in [1.29, 1.82) is 0 Å². The molecular formula is C11H14N2O5. The highest BCUT2D eigenvalue weighted by Crippen LogP contribution is 2.16. The SMILES string of the molecule is O=C(O)C(=O)O.c1cc(C2CNCCO2)ccn1. The molecule has 2 heterocycles. The molecule has 1 unspecified atom stereocenters. The van der Waals surface area contributed by atoms with Gasteiger partial charge in [0.1, 0.15) is 0 Å². The maximum atomic E-state index is 9.10. The van der Waals surface area contributed by atoms with Gasteiger partial charge in [0.05, 0.1) is 12.7 Å². The summed E-state index contributed by atoms with van der Waals surface area (Å²) in [5.41, 5.74) is 1.21. The van der Waals surface area contributed by atoms with E-state index >= 15 is 0 Å². The third-order valence-corrected chi connectivity index (χ3v) is 2.19. The van der Waals surface area contributed by atoms with E-state index in [4.69, 9.17) is 24.5 Å². The third-order valence-electron chi connectivity index (χ3n) is 2.19. The van der Waals surface area contributed by atoms with Gasteiger partial charge in [-0.25, -0.2) is 9.59 Å². The van der Waals surface area contributed by atoms with Crippen molar-refractivity contribution in [1.82, 2.24) is 10.3 Å². The van der Waals surface area contributed by atoms with Crippen LogP contribution in [0.3, 0.4) is 0 Å². The number of rotatable bonds is 1. The fourth-order valence-corrected chi connectivity index (χ4v) is 1.36. The number of aliphatic carboxylic acids is 2. The summed E-state index contributed by atoms with van der Waals surface area (Å²) in [6.45, 7) is 2.67. The smallest absolute Gasteiger partial charge is 0.414 e. The fourth-order valence-electron chi connectivity index (χ4n) is 1.36. The zero-order valence-corrected chi connectivity index (χ0v) is 9.57. The first kappa shape index (κ1) is 14.1. The van der Waals surface area contributed by atoms with Gasteiger partial charge in [0.2, 0.25) is 0 Å². The van der Waals surface area contributed by atoms with Gasteiger partial charge in [-0.3, -0.25) is 4.98 Å². The molecule has 0 bridgehead atoms. The molecule has 1 atom stereocenters. The molecule has 7 heteroatoms. The Morgan fingerprint density at radius 3 is 2.33 bits per heavy atom. The predicted octanol–water partition coefficient (Wildman–Crippen LogP) is -0.102. The molecule has 1 aliphatic heterocycles. The van der Waals surface area contributed by atoms with Crippen LogP contribution in [0, 0.1) is 0 Å². The number of aromatic nitrogens is 1. The molecule has 3 N–H and O–H groups in total. The molecule has 1 fully saturated rings. The van der Waals surface area contributed by atoms with Crippen LogP contribution in [0.5, 0.6) is 0 Å². The summed E-state index contributed by atoms with van der Waals surface area (Å²) in [6, 6.07) is 4.00. The van der Waals surface area contributed by atoms with Gasteiger partial charge in [-0.2, -0.15) is 0 Å². The van der Waals surface area contributed by atoms with Crippen LogP contribution in [0.4, 0.5) is 0 Å². The van der Waals surface area contributed by atoms with Crippen molar-refractivity contribution < 1.29 is 24.5 Å². The van der Waals surface area contributed by atoms with Crippen molar-refractivity contribution in [3.8, 4) is 0 Å². The Kier molecular flexibility index (Phi) is 5.75. The highest BCUT2D eigenvalue weighted by Gasteiger charge is 2.14. The average Bonchev–Trinajstić information content (AvgIpc) is 2.41. The molecule has 1 aromatic rings. The van der Waals surface area contributed by atoms with E-state index in [2.05, 4.69) is 10.3 Å². The maximum Gasteiger partial charge on any atom is 0.414 e. The predicted molar refractivity (Wildman–Crippen MR) is 61.1 cm³/mol. The summed E-state index contributed by atoms with van der Waals surface area (Å²) in [7, 11) is 0. The van der Waals surface area contributed by atoms with Crippen LogP contribution in [0.2, 0.25) is 0 Å². The molecule has 1 aromatic heterocycles. The minimum atomic E-state index is -1.82. The Hall–Kier alpha value is -1.99. The van der Waals surface area contributed by atoms with Gasteiger partial charge in [-0.15, -0.1) is 0 Å². The van der Waals surface area contributed by atoms with E-state index in [-0.39, 0.29) is 6.10 Å². The van der Waals surface area contributed by atoms with Gasteiger partial charge < -0.3 is 20.3 Å². The van der Waals surface area contributed by atoms with Crippen LogP contribution >= 0.6 is 0 Å². The number of hydrogen-bond donors (Lipinski definition) is 3. The zero-order chi connectivity index (χ0) is 13.4. The van der Waals surface area contributed by atoms with Crippen LogP contribution in [-0.2, 0) is 14.3 Å². The molecule has 2 rings (SSSR count). The van der Waals surface area contributed by atoms with E-state index < -0.39 is 11.9 Å². The lowest BCUT2D eigenvalue weighted by Gasteiger charge is -2.23. The van der Waals surface area contributed by atoms with Gasteiger partial charge in [0.25, 0.3) is 0 Å². The quantitative estimate of drug-likeness (QED) is 0.600. The largest absolute Gasteiger partial charge is 0.473 e. The number of ether oxygens (including phenoxy) is 1. The van der Waals surface area contributed by atoms with Crippen LogP contribution in [-0.4, -0.2) is 46.8 Å². The Morgan fingerprint density at radius 1 is 1.28 bits per heavy atom. The molecule has 0 radical (unpaired) electrons. The number of hydrogen-bond acceptors (Lipinski definition) is 5. The van der Waals surface area contributed by atoms with Crippen molar-refractivity contribution in [2.45, 2.75) is 6.10 Å². The molecule has 0 aromatic carbocycles. The lowest BCUT2D eigenvalue weighted by molar-refractivity contribution is -0.159. The fraction of sp³-hybridized carbons (Fsp3) is 0.364. The van der Waals surface area contributed by atoms with Crippen molar-refractivity contribution in [3.63, 3.8) is 0 Å². The summed E-state index contributed by atoms with van der Waals surface area (Å²) in [5.74, 6) is -3.65. The summed E-state index contributed by atoms with van der Waals surface area (Å²) >= 11 is 0. The van der Waals surface area contributed by atoms with Crippen molar-refractivity contribution in [3.05, 3.63) is 30.1 Å². The molecule has 1 aliphatic rings. The second-order valence-electron chi connectivity index (χ2n) is 3.45. The van der Waals surface area contributed by atoms with E-state index in [1.54, 1.807) is 12.4 Å². The second-order valence-corrected chi connectivity index (χ2v) is 3.45. The first-order valence-electron chi connectivity index (χ1n) is 5.29. The number of carboxylic acids is 2. The minimum Gasteiger partial charge on any atom is -0.473 e. The Bertz CT molecular complexity index is 378. The van der Waals surface area contributed by atoms with E-state index in [0.29, 0.717) is 0 Å². The molecule has 7 nitrogen and oxygen atoms in total. The summed E-state index contributed by atoms with van der Waals surface area (Å²) in [5, 5.41) is 18.1. The number of carboxylic acid groups (broad SMARTS) is 2. The van der Waals surface area contributed by atoms with Gasteiger partial charge in [-0.1, -0.05) is 0 Å². The number of nitrogens with one attached hydrogen (secondary N) is 1. The van der Waals surface area contributed by atoms with Crippen molar-refractivity contribution in [2.24, 2.45) is 0 Å². The topological polar surface area (TPSA) is 109 Å². The molecule has 1 saturated heterocycles. The van der Waals surface area contributed by atoms with E-state index in [1.807, 2.05) is 12.1 Å². The van der Waals surface area contributed by atoms with Gasteiger partial charge in [-0.05, 0) is 17.7 Å². The molecule has 18 heavy (non-hydrogen) atoms. The minimum absolute atomic E-state index is 0.210. The standard InChI is InChI=1S/C9H12N2O.C2H2O4/c1-3-10-4-2-8(1)9-7-11-5-6-12-9;3-1(4)2(5)6/h1-4,9,11H,5-7H2;(H,3,4)(H,5,6). The molecule has 0 saturated carbocycles. The lowest BCUT2D eigenvalue weighted by Crippen LogP contribution is -2.33. The zero-order valence-electron chi connectivity index (χ0n) is 9.57. The Morgan fingerprint density at radius 2 is 1.89 bits per heavy atom. The van der Waals surface area contributed by atoms with Crippen LogP contribution in [0.1, 0.15) is 11.7 Å². The van der Waals surface area contributed by atoms with E-state index in [9.17, 15) is 0 Å². The summed E-state index contributed by atoms with van der Waals surface area (Å²) in [6.07, 6.45) is 3.81. The van der Waals surface area contributed by atoms with Crippen molar-refractivity contribution >= 4 is 11.9 Å². The molecule has 0 aliphatic carbocycles. The third kappa shape index (κ3) is 4.89. The highest BCUT2D eigenvalue weighted by atomic mass is 16.5. The van der Waals surface area contributed by atoms with E-state index in [1.165, 1.54) is 5.56 Å². The molecular weight excluding hydrogens is 240 g/mol. The number of nitrogens with zero attached hydrogens (tertiary/aromatic N) is 1. The lowest BCUT2D eigenvalue weighted by atomic mass is 10.1. The number of carbonyl (C=O) groups is 2.